The van der Waals surface area contributed by atoms with Gasteiger partial charge in [0.15, 0.2) is 0 Å². The standard InChI is InChI=1S/C7H12O3/c1-3-5-9-7(8)10-6-4-2/h3-4,7-8H,1-2,5-6H2. The lowest BCUT2D eigenvalue weighted by Gasteiger charge is -2.08. The van der Waals surface area contributed by atoms with Crippen LogP contribution in [0.2, 0.25) is 0 Å². The van der Waals surface area contributed by atoms with Crippen LogP contribution in [0.1, 0.15) is 0 Å². The van der Waals surface area contributed by atoms with E-state index in [1.807, 2.05) is 0 Å². The van der Waals surface area contributed by atoms with Crippen LogP contribution in [0.3, 0.4) is 0 Å². The molecular weight excluding hydrogens is 132 g/mol. The van der Waals surface area contributed by atoms with E-state index in [-0.39, 0.29) is 13.2 Å². The SMILES string of the molecule is C=CCOC(O)OCC=C. The summed E-state index contributed by atoms with van der Waals surface area (Å²) >= 11 is 0. The van der Waals surface area contributed by atoms with E-state index in [2.05, 4.69) is 22.6 Å². The Morgan fingerprint density at radius 1 is 1.20 bits per heavy atom. The zero-order valence-corrected chi connectivity index (χ0v) is 5.82. The van der Waals surface area contributed by atoms with Gasteiger partial charge in [-0.05, 0) is 0 Å². The summed E-state index contributed by atoms with van der Waals surface area (Å²) in [4.78, 5) is 0. The van der Waals surface area contributed by atoms with Crippen LogP contribution in [0.4, 0.5) is 0 Å². The van der Waals surface area contributed by atoms with Crippen molar-refractivity contribution in [1.29, 1.82) is 0 Å². The Morgan fingerprint density at radius 2 is 1.60 bits per heavy atom. The summed E-state index contributed by atoms with van der Waals surface area (Å²) in [7, 11) is 0. The Labute approximate surface area is 60.6 Å². The van der Waals surface area contributed by atoms with E-state index >= 15 is 0 Å². The molecule has 0 spiro atoms. The van der Waals surface area contributed by atoms with Crippen molar-refractivity contribution in [2.24, 2.45) is 0 Å². The molecular formula is C7H12O3. The average Bonchev–Trinajstić information content (AvgIpc) is 1.97. The summed E-state index contributed by atoms with van der Waals surface area (Å²) in [6, 6.07) is 0. The zero-order chi connectivity index (χ0) is 7.82. The maximum Gasteiger partial charge on any atom is 0.269 e. The molecule has 0 saturated carbocycles. The highest BCUT2D eigenvalue weighted by molar-refractivity contribution is 4.65. The van der Waals surface area contributed by atoms with Crippen molar-refractivity contribution < 1.29 is 14.6 Å². The van der Waals surface area contributed by atoms with E-state index in [0.717, 1.165) is 0 Å². The van der Waals surface area contributed by atoms with Gasteiger partial charge < -0.3 is 14.6 Å². The van der Waals surface area contributed by atoms with E-state index in [1.165, 1.54) is 12.2 Å². The van der Waals surface area contributed by atoms with Gasteiger partial charge in [-0.15, -0.1) is 13.2 Å². The predicted molar refractivity (Wildman–Crippen MR) is 38.3 cm³/mol. The molecule has 0 aromatic rings. The van der Waals surface area contributed by atoms with Crippen LogP contribution >= 0.6 is 0 Å². The summed E-state index contributed by atoms with van der Waals surface area (Å²) < 4.78 is 9.32. The van der Waals surface area contributed by atoms with Gasteiger partial charge in [0.25, 0.3) is 6.48 Å². The topological polar surface area (TPSA) is 38.7 Å². The molecule has 0 radical (unpaired) electrons. The molecule has 3 nitrogen and oxygen atoms in total. The molecule has 0 saturated heterocycles. The van der Waals surface area contributed by atoms with Gasteiger partial charge in [-0.25, -0.2) is 0 Å². The van der Waals surface area contributed by atoms with Crippen LogP contribution in [0.25, 0.3) is 0 Å². The first kappa shape index (κ1) is 9.36. The third-order valence-electron chi connectivity index (χ3n) is 0.713. The molecule has 0 aliphatic carbocycles. The second-order valence-corrected chi connectivity index (χ2v) is 1.55. The molecule has 0 aliphatic heterocycles. The number of hydrogen-bond acceptors (Lipinski definition) is 3. The molecule has 0 rings (SSSR count). The molecule has 0 fully saturated rings. The molecule has 0 aromatic heterocycles. The lowest BCUT2D eigenvalue weighted by Crippen LogP contribution is -2.16. The number of aliphatic hydroxyl groups is 1. The fourth-order valence-electron chi connectivity index (χ4n) is 0.349. The van der Waals surface area contributed by atoms with Gasteiger partial charge in [0.1, 0.15) is 0 Å². The van der Waals surface area contributed by atoms with Crippen LogP contribution in [0.5, 0.6) is 0 Å². The Morgan fingerprint density at radius 3 is 1.90 bits per heavy atom. The minimum absolute atomic E-state index is 0.276. The third-order valence-corrected chi connectivity index (χ3v) is 0.713. The number of ether oxygens (including phenoxy) is 2. The molecule has 0 atom stereocenters. The molecule has 58 valence electrons. The predicted octanol–water partition coefficient (Wildman–Crippen LogP) is 0.667. The van der Waals surface area contributed by atoms with Crippen molar-refractivity contribution in [2.45, 2.75) is 6.48 Å². The van der Waals surface area contributed by atoms with Gasteiger partial charge >= 0.3 is 0 Å². The number of hydrogen-bond donors (Lipinski definition) is 1. The molecule has 0 unspecified atom stereocenters. The lowest BCUT2D eigenvalue weighted by atomic mass is 10.7. The monoisotopic (exact) mass is 144 g/mol. The van der Waals surface area contributed by atoms with Gasteiger partial charge in [-0.1, -0.05) is 12.2 Å². The van der Waals surface area contributed by atoms with Crippen molar-refractivity contribution in [3.05, 3.63) is 25.3 Å². The van der Waals surface area contributed by atoms with E-state index in [1.54, 1.807) is 0 Å². The highest BCUT2D eigenvalue weighted by Gasteiger charge is 1.98. The van der Waals surface area contributed by atoms with Gasteiger partial charge in [0.05, 0.1) is 13.2 Å². The quantitative estimate of drug-likeness (QED) is 0.440. The summed E-state index contributed by atoms with van der Waals surface area (Å²) in [6.07, 6.45) is 3.06. The highest BCUT2D eigenvalue weighted by Crippen LogP contribution is 1.89. The fourth-order valence-corrected chi connectivity index (χ4v) is 0.349. The Bertz CT molecular complexity index is 89.0. The summed E-state index contributed by atoms with van der Waals surface area (Å²) in [5.41, 5.74) is 0. The second kappa shape index (κ2) is 6.48. The Hall–Kier alpha value is -0.640. The Kier molecular flexibility index (Phi) is 6.06. The second-order valence-electron chi connectivity index (χ2n) is 1.55. The van der Waals surface area contributed by atoms with Crippen LogP contribution < -0.4 is 0 Å². The Balaban J connectivity index is 3.15. The maximum atomic E-state index is 8.77. The number of rotatable bonds is 6. The largest absolute Gasteiger partial charge is 0.346 e. The van der Waals surface area contributed by atoms with Crippen LogP contribution in [-0.4, -0.2) is 24.8 Å². The zero-order valence-electron chi connectivity index (χ0n) is 5.82. The normalized spacial score (nSPS) is 9.80. The van der Waals surface area contributed by atoms with E-state index < -0.39 is 6.48 Å². The molecule has 0 aromatic carbocycles. The first-order valence-electron chi connectivity index (χ1n) is 2.94. The molecule has 0 heterocycles. The highest BCUT2D eigenvalue weighted by atomic mass is 16.8. The van der Waals surface area contributed by atoms with Crippen LogP contribution in [-0.2, 0) is 9.47 Å². The van der Waals surface area contributed by atoms with E-state index in [4.69, 9.17) is 5.11 Å². The first-order chi connectivity index (χ1) is 4.81. The maximum absolute atomic E-state index is 8.77. The molecule has 0 bridgehead atoms. The van der Waals surface area contributed by atoms with Crippen LogP contribution in [0, 0.1) is 0 Å². The van der Waals surface area contributed by atoms with Gasteiger partial charge in [0, 0.05) is 0 Å². The minimum Gasteiger partial charge on any atom is -0.346 e. The van der Waals surface area contributed by atoms with E-state index in [0.29, 0.717) is 0 Å². The average molecular weight is 144 g/mol. The third kappa shape index (κ3) is 5.50. The van der Waals surface area contributed by atoms with Crippen LogP contribution in [0.15, 0.2) is 25.3 Å². The summed E-state index contributed by atoms with van der Waals surface area (Å²) in [6.45, 7) is 6.18. The molecule has 10 heavy (non-hydrogen) atoms. The van der Waals surface area contributed by atoms with Crippen molar-refractivity contribution in [3.63, 3.8) is 0 Å². The minimum atomic E-state index is -1.17. The lowest BCUT2D eigenvalue weighted by molar-refractivity contribution is -0.252. The summed E-state index contributed by atoms with van der Waals surface area (Å²) in [5.74, 6) is 0. The van der Waals surface area contributed by atoms with Crippen molar-refractivity contribution in [1.82, 2.24) is 0 Å². The molecule has 1 N–H and O–H groups in total. The van der Waals surface area contributed by atoms with Crippen molar-refractivity contribution in [3.8, 4) is 0 Å². The molecule has 0 aliphatic rings. The van der Waals surface area contributed by atoms with Crippen molar-refractivity contribution >= 4 is 0 Å². The van der Waals surface area contributed by atoms with E-state index in [9.17, 15) is 0 Å². The molecule has 3 heteroatoms. The fraction of sp³-hybridized carbons (Fsp3) is 0.429. The molecule has 0 amide bonds. The van der Waals surface area contributed by atoms with Crippen molar-refractivity contribution in [2.75, 3.05) is 13.2 Å². The van der Waals surface area contributed by atoms with Gasteiger partial charge in [-0.3, -0.25) is 0 Å². The number of aliphatic hydroxyl groups excluding tert-OH is 1. The summed E-state index contributed by atoms with van der Waals surface area (Å²) in [5, 5.41) is 8.77. The van der Waals surface area contributed by atoms with Gasteiger partial charge in [-0.2, -0.15) is 0 Å². The first-order valence-corrected chi connectivity index (χ1v) is 2.94. The van der Waals surface area contributed by atoms with Gasteiger partial charge in [0.2, 0.25) is 0 Å². The smallest absolute Gasteiger partial charge is 0.269 e.